The Bertz CT molecular complexity index is 499. The van der Waals surface area contributed by atoms with E-state index in [-0.39, 0.29) is 24.2 Å². The molecule has 0 saturated carbocycles. The van der Waals surface area contributed by atoms with Crippen LogP contribution in [0.25, 0.3) is 0 Å². The molecule has 0 aliphatic carbocycles. The number of morpholine rings is 1. The van der Waals surface area contributed by atoms with Crippen LogP contribution in [-0.4, -0.2) is 59.6 Å². The second-order valence-electron chi connectivity index (χ2n) is 6.15. The molecule has 1 aliphatic rings. The van der Waals surface area contributed by atoms with Gasteiger partial charge < -0.3 is 15.2 Å². The van der Waals surface area contributed by atoms with Crippen LogP contribution in [0.15, 0.2) is 29.2 Å². The van der Waals surface area contributed by atoms with Crippen LogP contribution in [0.5, 0.6) is 0 Å². The van der Waals surface area contributed by atoms with Crippen molar-refractivity contribution in [2.75, 3.05) is 30.7 Å². The van der Waals surface area contributed by atoms with Crippen molar-refractivity contribution < 1.29 is 14.6 Å². The van der Waals surface area contributed by atoms with E-state index in [1.165, 1.54) is 6.92 Å². The molecule has 0 radical (unpaired) electrons. The minimum atomic E-state index is -0.368. The van der Waals surface area contributed by atoms with Gasteiger partial charge in [-0.3, -0.25) is 9.69 Å². The van der Waals surface area contributed by atoms with Gasteiger partial charge in [0.25, 0.3) is 0 Å². The van der Waals surface area contributed by atoms with Crippen molar-refractivity contribution in [3.8, 4) is 0 Å². The van der Waals surface area contributed by atoms with Gasteiger partial charge in [-0.2, -0.15) is 0 Å². The number of ether oxygens (including phenoxy) is 1. The largest absolute Gasteiger partial charge is 0.391 e. The first kappa shape index (κ1) is 18.3. The van der Waals surface area contributed by atoms with Crippen LogP contribution in [-0.2, 0) is 9.53 Å². The molecule has 1 amide bonds. The third-order valence-electron chi connectivity index (χ3n) is 3.58. The number of aliphatic hydroxyl groups excluding tert-OH is 1. The Morgan fingerprint density at radius 1 is 1.35 bits per heavy atom. The van der Waals surface area contributed by atoms with Gasteiger partial charge in [-0.1, -0.05) is 0 Å². The van der Waals surface area contributed by atoms with Crippen LogP contribution >= 0.6 is 11.8 Å². The second-order valence-corrected chi connectivity index (χ2v) is 7.24. The number of amides is 1. The number of nitrogens with zero attached hydrogens (tertiary/aromatic N) is 1. The van der Waals surface area contributed by atoms with E-state index < -0.39 is 0 Å². The highest BCUT2D eigenvalue weighted by Gasteiger charge is 2.23. The summed E-state index contributed by atoms with van der Waals surface area (Å²) in [6.07, 6.45) is 0.0763. The number of β-amino-alcohol motifs (C(OH)–C–C–N with tert-alkyl or cyclic N) is 1. The van der Waals surface area contributed by atoms with Gasteiger partial charge in [-0.15, -0.1) is 11.8 Å². The molecule has 1 aliphatic heterocycles. The molecule has 1 saturated heterocycles. The first-order valence-electron chi connectivity index (χ1n) is 7.98. The van der Waals surface area contributed by atoms with Gasteiger partial charge >= 0.3 is 0 Å². The maximum Gasteiger partial charge on any atom is 0.221 e. The van der Waals surface area contributed by atoms with Crippen molar-refractivity contribution in [2.24, 2.45) is 0 Å². The lowest BCUT2D eigenvalue weighted by atomic mass is 10.2. The summed E-state index contributed by atoms with van der Waals surface area (Å²) in [6, 6.07) is 7.67. The average Bonchev–Trinajstić information content (AvgIpc) is 2.45. The normalized spacial score (nSPS) is 23.5. The van der Waals surface area contributed by atoms with Gasteiger partial charge in [0.2, 0.25) is 5.91 Å². The summed E-state index contributed by atoms with van der Waals surface area (Å²) < 4.78 is 5.71. The van der Waals surface area contributed by atoms with E-state index in [9.17, 15) is 9.90 Å². The molecule has 1 fully saturated rings. The van der Waals surface area contributed by atoms with Crippen LogP contribution in [0.1, 0.15) is 20.8 Å². The average molecular weight is 338 g/mol. The second kappa shape index (κ2) is 8.68. The zero-order valence-electron chi connectivity index (χ0n) is 14.0. The maximum absolute atomic E-state index is 11.0. The van der Waals surface area contributed by atoms with Gasteiger partial charge in [0, 0.05) is 42.9 Å². The molecule has 3 atom stereocenters. The number of thioether (sulfide) groups is 1. The number of hydrogen-bond donors (Lipinski definition) is 2. The van der Waals surface area contributed by atoms with Gasteiger partial charge in [0.05, 0.1) is 18.3 Å². The highest BCUT2D eigenvalue weighted by molar-refractivity contribution is 7.99. The number of rotatable bonds is 6. The van der Waals surface area contributed by atoms with Crippen molar-refractivity contribution in [3.05, 3.63) is 24.3 Å². The molecule has 128 valence electrons. The van der Waals surface area contributed by atoms with Crippen molar-refractivity contribution in [2.45, 2.75) is 44.0 Å². The van der Waals surface area contributed by atoms with Crippen LogP contribution in [0.2, 0.25) is 0 Å². The highest BCUT2D eigenvalue weighted by atomic mass is 32.2. The maximum atomic E-state index is 11.0. The van der Waals surface area contributed by atoms with E-state index in [0.717, 1.165) is 23.7 Å². The van der Waals surface area contributed by atoms with E-state index in [1.54, 1.807) is 11.8 Å². The molecule has 0 bridgehead atoms. The van der Waals surface area contributed by atoms with Crippen LogP contribution in [0, 0.1) is 0 Å². The summed E-state index contributed by atoms with van der Waals surface area (Å²) >= 11 is 1.63. The summed E-state index contributed by atoms with van der Waals surface area (Å²) in [5.74, 6) is 0.578. The molecule has 1 aromatic carbocycles. The molecular weight excluding hydrogens is 312 g/mol. The Morgan fingerprint density at radius 2 is 1.96 bits per heavy atom. The van der Waals surface area contributed by atoms with Crippen molar-refractivity contribution in [1.82, 2.24) is 4.90 Å². The van der Waals surface area contributed by atoms with E-state index in [0.29, 0.717) is 12.3 Å². The number of nitrogens with one attached hydrogen (secondary N) is 1. The minimum absolute atomic E-state index is 0.0743. The first-order valence-corrected chi connectivity index (χ1v) is 8.97. The molecule has 0 spiro atoms. The lowest BCUT2D eigenvalue weighted by Crippen LogP contribution is -2.48. The van der Waals surface area contributed by atoms with E-state index in [1.807, 2.05) is 24.3 Å². The predicted molar refractivity (Wildman–Crippen MR) is 93.9 cm³/mol. The zero-order valence-corrected chi connectivity index (χ0v) is 14.8. The number of benzene rings is 1. The molecule has 3 unspecified atom stereocenters. The third-order valence-corrected chi connectivity index (χ3v) is 4.74. The van der Waals surface area contributed by atoms with Gasteiger partial charge in [-0.05, 0) is 38.1 Å². The molecule has 0 aromatic heterocycles. The monoisotopic (exact) mass is 338 g/mol. The summed E-state index contributed by atoms with van der Waals surface area (Å²) in [6.45, 7) is 8.05. The molecule has 1 aromatic rings. The van der Waals surface area contributed by atoms with Crippen molar-refractivity contribution in [1.29, 1.82) is 0 Å². The van der Waals surface area contributed by atoms with Crippen LogP contribution in [0.3, 0.4) is 0 Å². The van der Waals surface area contributed by atoms with Crippen LogP contribution < -0.4 is 5.32 Å². The van der Waals surface area contributed by atoms with E-state index >= 15 is 0 Å². The lowest BCUT2D eigenvalue weighted by molar-refractivity contribution is -0.114. The molecule has 5 nitrogen and oxygen atoms in total. The number of aliphatic hydroxyl groups is 1. The zero-order chi connectivity index (χ0) is 16.8. The Balaban J connectivity index is 1.75. The summed E-state index contributed by atoms with van der Waals surface area (Å²) in [7, 11) is 0. The quantitative estimate of drug-likeness (QED) is 0.779. The number of anilines is 1. The SMILES string of the molecule is CC(=O)Nc1ccc(SCC(O)CN2CC(C)OC(C)C2)cc1. The van der Waals surface area contributed by atoms with E-state index in [2.05, 4.69) is 24.1 Å². The molecule has 1 heterocycles. The topological polar surface area (TPSA) is 61.8 Å². The Hall–Kier alpha value is -1.08. The lowest BCUT2D eigenvalue weighted by Gasteiger charge is -2.36. The third kappa shape index (κ3) is 6.51. The number of hydrogen-bond acceptors (Lipinski definition) is 5. The standard InChI is InChI=1S/C17H26N2O3S/c1-12-8-19(9-13(2)22-12)10-16(21)11-23-17-6-4-15(5-7-17)18-14(3)20/h4-7,12-13,16,21H,8-11H2,1-3H3,(H,18,20). The fourth-order valence-corrected chi connectivity index (χ4v) is 3.63. The van der Waals surface area contributed by atoms with Crippen LogP contribution in [0.4, 0.5) is 5.69 Å². The van der Waals surface area contributed by atoms with Crippen molar-refractivity contribution >= 4 is 23.4 Å². The molecule has 2 N–H and O–H groups in total. The fraction of sp³-hybridized carbons (Fsp3) is 0.588. The predicted octanol–water partition coefficient (Wildman–Crippen LogP) is 2.21. The van der Waals surface area contributed by atoms with E-state index in [4.69, 9.17) is 4.74 Å². The van der Waals surface area contributed by atoms with Gasteiger partial charge in [0.1, 0.15) is 0 Å². The summed E-state index contributed by atoms with van der Waals surface area (Å²) in [4.78, 5) is 14.3. The summed E-state index contributed by atoms with van der Waals surface area (Å²) in [5, 5.41) is 13.0. The Labute approximate surface area is 142 Å². The molecule has 6 heteroatoms. The Morgan fingerprint density at radius 3 is 2.52 bits per heavy atom. The first-order chi connectivity index (χ1) is 10.9. The molecular formula is C17H26N2O3S. The fourth-order valence-electron chi connectivity index (χ4n) is 2.81. The molecule has 2 rings (SSSR count). The van der Waals surface area contributed by atoms with Gasteiger partial charge in [-0.25, -0.2) is 0 Å². The molecule has 23 heavy (non-hydrogen) atoms. The highest BCUT2D eigenvalue weighted by Crippen LogP contribution is 2.21. The summed E-state index contributed by atoms with van der Waals surface area (Å²) in [5.41, 5.74) is 0.790. The number of carbonyl (C=O) groups is 1. The minimum Gasteiger partial charge on any atom is -0.391 e. The Kier molecular flexibility index (Phi) is 6.89. The number of carbonyl (C=O) groups excluding carboxylic acids is 1. The van der Waals surface area contributed by atoms with Gasteiger partial charge in [0.15, 0.2) is 0 Å². The smallest absolute Gasteiger partial charge is 0.221 e. The van der Waals surface area contributed by atoms with Crippen molar-refractivity contribution in [3.63, 3.8) is 0 Å².